The molecule has 112 valence electrons. The molecule has 0 saturated carbocycles. The van der Waals surface area contributed by atoms with Gasteiger partial charge in [-0.1, -0.05) is 6.07 Å². The molecule has 1 heterocycles. The molecule has 20 heavy (non-hydrogen) atoms. The van der Waals surface area contributed by atoms with E-state index in [4.69, 9.17) is 5.73 Å². The highest BCUT2D eigenvalue weighted by atomic mass is 35.5. The van der Waals surface area contributed by atoms with Crippen molar-refractivity contribution in [2.75, 3.05) is 13.1 Å². The molecule has 1 aliphatic heterocycles. The van der Waals surface area contributed by atoms with Gasteiger partial charge in [-0.15, -0.1) is 12.4 Å². The summed E-state index contributed by atoms with van der Waals surface area (Å²) in [5.74, 6) is 0. The van der Waals surface area contributed by atoms with Crippen LogP contribution >= 0.6 is 12.4 Å². The summed E-state index contributed by atoms with van der Waals surface area (Å²) in [6.07, 6.45) is 0.604. The van der Waals surface area contributed by atoms with Gasteiger partial charge in [0.2, 0.25) is 10.0 Å². The van der Waals surface area contributed by atoms with E-state index in [1.807, 2.05) is 0 Å². The Labute approximate surface area is 123 Å². The van der Waals surface area contributed by atoms with Crippen LogP contribution in [0.1, 0.15) is 12.0 Å². The highest BCUT2D eigenvalue weighted by Gasteiger charge is 2.32. The molecule has 0 bridgehead atoms. The number of halogens is 1. The average Bonchev–Trinajstić information content (AvgIpc) is 2.76. The molecular weight excluding hydrogens is 306 g/mol. The van der Waals surface area contributed by atoms with E-state index in [-0.39, 0.29) is 35.6 Å². The molecule has 0 radical (unpaired) electrons. The third-order valence-corrected chi connectivity index (χ3v) is 5.19. The lowest BCUT2D eigenvalue weighted by Crippen LogP contribution is -2.32. The van der Waals surface area contributed by atoms with Crippen molar-refractivity contribution in [2.24, 2.45) is 5.73 Å². The van der Waals surface area contributed by atoms with Crippen LogP contribution in [0.2, 0.25) is 0 Å². The maximum Gasteiger partial charge on any atom is 0.270 e. The predicted molar refractivity (Wildman–Crippen MR) is 76.4 cm³/mol. The smallest absolute Gasteiger partial charge is 0.270 e. The lowest BCUT2D eigenvalue weighted by molar-refractivity contribution is -0.385. The summed E-state index contributed by atoms with van der Waals surface area (Å²) in [6, 6.07) is 3.67. The zero-order valence-electron chi connectivity index (χ0n) is 10.9. The molecule has 1 atom stereocenters. The zero-order chi connectivity index (χ0) is 14.2. The van der Waals surface area contributed by atoms with Crippen molar-refractivity contribution in [1.29, 1.82) is 0 Å². The van der Waals surface area contributed by atoms with Crippen LogP contribution in [0.3, 0.4) is 0 Å². The number of nitrogens with zero attached hydrogens (tertiary/aromatic N) is 2. The summed E-state index contributed by atoms with van der Waals surface area (Å²) in [6.45, 7) is 2.22. The minimum Gasteiger partial charge on any atom is -0.326 e. The van der Waals surface area contributed by atoms with Gasteiger partial charge in [-0.2, -0.15) is 4.31 Å². The van der Waals surface area contributed by atoms with E-state index in [0.717, 1.165) is 6.07 Å². The second-order valence-electron chi connectivity index (χ2n) is 4.62. The van der Waals surface area contributed by atoms with E-state index in [1.54, 1.807) is 6.92 Å². The number of rotatable bonds is 3. The Morgan fingerprint density at radius 2 is 2.10 bits per heavy atom. The van der Waals surface area contributed by atoms with E-state index >= 15 is 0 Å². The highest BCUT2D eigenvalue weighted by Crippen LogP contribution is 2.26. The molecule has 1 aliphatic rings. The molecule has 1 saturated heterocycles. The topological polar surface area (TPSA) is 107 Å². The summed E-state index contributed by atoms with van der Waals surface area (Å²) < 4.78 is 26.1. The second-order valence-corrected chi connectivity index (χ2v) is 6.53. The van der Waals surface area contributed by atoms with Crippen LogP contribution in [-0.4, -0.2) is 36.8 Å². The Kier molecular flexibility index (Phi) is 5.09. The SMILES string of the molecule is Cc1ccc([N+](=O)[O-])cc1S(=O)(=O)N1CC[C@H](N)C1.Cl. The Morgan fingerprint density at radius 3 is 2.60 bits per heavy atom. The largest absolute Gasteiger partial charge is 0.326 e. The molecule has 0 amide bonds. The molecule has 0 spiro atoms. The number of nitro groups is 1. The van der Waals surface area contributed by atoms with Crippen molar-refractivity contribution in [3.63, 3.8) is 0 Å². The molecule has 0 aliphatic carbocycles. The van der Waals surface area contributed by atoms with Gasteiger partial charge in [0.15, 0.2) is 0 Å². The quantitative estimate of drug-likeness (QED) is 0.661. The fraction of sp³-hybridized carbons (Fsp3) is 0.455. The molecule has 1 fully saturated rings. The third-order valence-electron chi connectivity index (χ3n) is 3.19. The minimum absolute atomic E-state index is 0. The van der Waals surface area contributed by atoms with Gasteiger partial charge in [0.1, 0.15) is 0 Å². The molecular formula is C11H16ClN3O4S. The molecule has 7 nitrogen and oxygen atoms in total. The number of nitro benzene ring substituents is 1. The van der Waals surface area contributed by atoms with Gasteiger partial charge in [-0.25, -0.2) is 8.42 Å². The van der Waals surface area contributed by atoms with Gasteiger partial charge in [-0.3, -0.25) is 10.1 Å². The third kappa shape index (κ3) is 3.09. The lowest BCUT2D eigenvalue weighted by atomic mass is 10.2. The van der Waals surface area contributed by atoms with Crippen LogP contribution in [0.15, 0.2) is 23.1 Å². The van der Waals surface area contributed by atoms with E-state index in [0.29, 0.717) is 18.5 Å². The first-order chi connectivity index (χ1) is 8.82. The van der Waals surface area contributed by atoms with Crippen LogP contribution in [0.25, 0.3) is 0 Å². The van der Waals surface area contributed by atoms with Crippen molar-refractivity contribution in [1.82, 2.24) is 4.31 Å². The molecule has 0 unspecified atom stereocenters. The average molecular weight is 322 g/mol. The second kappa shape index (κ2) is 6.04. The molecule has 0 aromatic heterocycles. The first-order valence-corrected chi connectivity index (χ1v) is 7.27. The highest BCUT2D eigenvalue weighted by molar-refractivity contribution is 7.89. The van der Waals surface area contributed by atoms with E-state index in [9.17, 15) is 18.5 Å². The summed E-state index contributed by atoms with van der Waals surface area (Å²) in [5.41, 5.74) is 5.96. The van der Waals surface area contributed by atoms with Crippen LogP contribution in [0.5, 0.6) is 0 Å². The number of hydrogen-bond acceptors (Lipinski definition) is 5. The van der Waals surface area contributed by atoms with Crippen molar-refractivity contribution in [3.8, 4) is 0 Å². The zero-order valence-corrected chi connectivity index (χ0v) is 12.5. The molecule has 9 heteroatoms. The first kappa shape index (κ1) is 16.8. The maximum atomic E-state index is 12.4. The van der Waals surface area contributed by atoms with Crippen LogP contribution in [0, 0.1) is 17.0 Å². The fourth-order valence-electron chi connectivity index (χ4n) is 2.09. The summed E-state index contributed by atoms with van der Waals surface area (Å²) >= 11 is 0. The summed E-state index contributed by atoms with van der Waals surface area (Å²) in [7, 11) is -3.71. The van der Waals surface area contributed by atoms with E-state index in [1.165, 1.54) is 16.4 Å². The van der Waals surface area contributed by atoms with E-state index < -0.39 is 14.9 Å². The minimum atomic E-state index is -3.71. The van der Waals surface area contributed by atoms with E-state index in [2.05, 4.69) is 0 Å². The number of hydrogen-bond donors (Lipinski definition) is 1. The maximum absolute atomic E-state index is 12.4. The van der Waals surface area contributed by atoms with Crippen LogP contribution in [-0.2, 0) is 10.0 Å². The van der Waals surface area contributed by atoms with Crippen molar-refractivity contribution in [3.05, 3.63) is 33.9 Å². The normalized spacial score (nSPS) is 19.6. The number of sulfonamides is 1. The number of nitrogens with two attached hydrogens (primary N) is 1. The lowest BCUT2D eigenvalue weighted by Gasteiger charge is -2.17. The summed E-state index contributed by atoms with van der Waals surface area (Å²) in [5, 5.41) is 10.7. The monoisotopic (exact) mass is 321 g/mol. The number of benzene rings is 1. The Bertz CT molecular complexity index is 620. The van der Waals surface area contributed by atoms with Gasteiger partial charge >= 0.3 is 0 Å². The fourth-order valence-corrected chi connectivity index (χ4v) is 3.85. The van der Waals surface area contributed by atoms with Gasteiger partial charge < -0.3 is 5.73 Å². The Hall–Kier alpha value is -1.22. The number of non-ortho nitro benzene ring substituents is 1. The van der Waals surface area contributed by atoms with Crippen LogP contribution < -0.4 is 5.73 Å². The van der Waals surface area contributed by atoms with Crippen LogP contribution in [0.4, 0.5) is 5.69 Å². The van der Waals surface area contributed by atoms with Crippen molar-refractivity contribution >= 4 is 28.1 Å². The number of aryl methyl sites for hydroxylation is 1. The van der Waals surface area contributed by atoms with Gasteiger partial charge in [-0.05, 0) is 18.9 Å². The molecule has 1 aromatic carbocycles. The molecule has 2 N–H and O–H groups in total. The van der Waals surface area contributed by atoms with Gasteiger partial charge in [0.25, 0.3) is 5.69 Å². The Balaban J connectivity index is 0.00000200. The van der Waals surface area contributed by atoms with Gasteiger partial charge in [0, 0.05) is 31.3 Å². The Morgan fingerprint density at radius 1 is 1.45 bits per heavy atom. The van der Waals surface area contributed by atoms with Gasteiger partial charge in [0.05, 0.1) is 9.82 Å². The molecule has 1 aromatic rings. The summed E-state index contributed by atoms with van der Waals surface area (Å²) in [4.78, 5) is 10.1. The standard InChI is InChI=1S/C11H15N3O4S.ClH/c1-8-2-3-10(14(15)16)6-11(8)19(17,18)13-5-4-9(12)7-13;/h2-3,6,9H,4-5,7,12H2,1H3;1H/t9-;/m0./s1. The van der Waals surface area contributed by atoms with Crippen molar-refractivity contribution in [2.45, 2.75) is 24.3 Å². The van der Waals surface area contributed by atoms with Crippen molar-refractivity contribution < 1.29 is 13.3 Å². The first-order valence-electron chi connectivity index (χ1n) is 5.83. The molecule has 2 rings (SSSR count). The predicted octanol–water partition coefficient (Wildman–Crippen LogP) is 1.05.